The first-order chi connectivity index (χ1) is 8.76. The normalized spacial score (nSPS) is 23.4. The van der Waals surface area contributed by atoms with Gasteiger partial charge in [-0.3, -0.25) is 0 Å². The van der Waals surface area contributed by atoms with Crippen molar-refractivity contribution in [3.63, 3.8) is 0 Å². The maximum Gasteiger partial charge on any atom is 0.103 e. The van der Waals surface area contributed by atoms with Crippen molar-refractivity contribution >= 4 is 29.1 Å². The fraction of sp³-hybridized carbons (Fsp3) is 0.500. The van der Waals surface area contributed by atoms with Crippen LogP contribution in [0.1, 0.15) is 31.2 Å². The second kappa shape index (κ2) is 6.36. The van der Waals surface area contributed by atoms with Gasteiger partial charge in [-0.15, -0.1) is 0 Å². The average Bonchev–Trinajstić information content (AvgIpc) is 2.40. The van der Waals surface area contributed by atoms with Gasteiger partial charge in [-0.2, -0.15) is 17.0 Å². The summed E-state index contributed by atoms with van der Waals surface area (Å²) in [6.45, 7) is 0. The Morgan fingerprint density at radius 2 is 2.17 bits per heavy atom. The van der Waals surface area contributed by atoms with Gasteiger partial charge in [0, 0.05) is 11.3 Å². The van der Waals surface area contributed by atoms with Crippen LogP contribution in [0.2, 0.25) is 5.02 Å². The molecule has 1 saturated carbocycles. The summed E-state index contributed by atoms with van der Waals surface area (Å²) in [5.74, 6) is 0. The minimum atomic E-state index is 0.444. The van der Waals surface area contributed by atoms with E-state index in [4.69, 9.17) is 11.6 Å². The van der Waals surface area contributed by atoms with Gasteiger partial charge in [0.1, 0.15) is 6.07 Å². The molecule has 2 unspecified atom stereocenters. The molecule has 1 aliphatic rings. The van der Waals surface area contributed by atoms with E-state index in [0.717, 1.165) is 5.69 Å². The molecular weight excluding hydrogens is 264 g/mol. The van der Waals surface area contributed by atoms with E-state index in [-0.39, 0.29) is 0 Å². The van der Waals surface area contributed by atoms with Crippen LogP contribution in [-0.2, 0) is 0 Å². The number of hydrogen-bond acceptors (Lipinski definition) is 3. The minimum absolute atomic E-state index is 0.444. The third-order valence-corrected chi connectivity index (χ3v) is 4.96. The van der Waals surface area contributed by atoms with Crippen molar-refractivity contribution in [2.24, 2.45) is 0 Å². The van der Waals surface area contributed by atoms with Crippen LogP contribution in [0, 0.1) is 11.3 Å². The van der Waals surface area contributed by atoms with Crippen LogP contribution in [0.5, 0.6) is 0 Å². The molecule has 1 aromatic carbocycles. The summed E-state index contributed by atoms with van der Waals surface area (Å²) < 4.78 is 0. The lowest BCUT2D eigenvalue weighted by molar-refractivity contribution is 0.475. The summed E-state index contributed by atoms with van der Waals surface area (Å²) in [5, 5.41) is 13.8. The highest BCUT2D eigenvalue weighted by molar-refractivity contribution is 7.99. The van der Waals surface area contributed by atoms with Gasteiger partial charge in [0.05, 0.1) is 16.3 Å². The maximum absolute atomic E-state index is 9.17. The van der Waals surface area contributed by atoms with E-state index < -0.39 is 0 Å². The summed E-state index contributed by atoms with van der Waals surface area (Å²) >= 11 is 7.96. The second-order valence-electron chi connectivity index (χ2n) is 4.58. The van der Waals surface area contributed by atoms with E-state index in [9.17, 15) is 5.26 Å². The van der Waals surface area contributed by atoms with Crippen LogP contribution in [0.25, 0.3) is 0 Å². The first-order valence-electron chi connectivity index (χ1n) is 6.24. The quantitative estimate of drug-likeness (QED) is 0.897. The fourth-order valence-electron chi connectivity index (χ4n) is 2.50. The van der Waals surface area contributed by atoms with Crippen molar-refractivity contribution in [2.75, 3.05) is 11.6 Å². The molecule has 0 aliphatic heterocycles. The van der Waals surface area contributed by atoms with Crippen LogP contribution in [0.15, 0.2) is 18.2 Å². The zero-order valence-electron chi connectivity index (χ0n) is 10.4. The number of anilines is 1. The number of hydrogen-bond donors (Lipinski definition) is 1. The van der Waals surface area contributed by atoms with Crippen LogP contribution >= 0.6 is 23.4 Å². The Morgan fingerprint density at radius 1 is 1.39 bits per heavy atom. The van der Waals surface area contributed by atoms with Gasteiger partial charge < -0.3 is 5.32 Å². The molecule has 18 heavy (non-hydrogen) atoms. The molecule has 2 nitrogen and oxygen atoms in total. The SMILES string of the molecule is CSC1CCCCC1Nc1cccc(Cl)c1C#N. The Morgan fingerprint density at radius 3 is 2.89 bits per heavy atom. The number of thioether (sulfide) groups is 1. The third-order valence-electron chi connectivity index (χ3n) is 3.47. The second-order valence-corrected chi connectivity index (χ2v) is 6.07. The first-order valence-corrected chi connectivity index (χ1v) is 7.90. The van der Waals surface area contributed by atoms with Crippen molar-refractivity contribution in [1.82, 2.24) is 0 Å². The number of halogens is 1. The molecule has 4 heteroatoms. The van der Waals surface area contributed by atoms with Crippen LogP contribution in [-0.4, -0.2) is 17.5 Å². The molecule has 1 fully saturated rings. The Kier molecular flexibility index (Phi) is 4.79. The summed E-state index contributed by atoms with van der Waals surface area (Å²) in [6.07, 6.45) is 7.15. The van der Waals surface area contributed by atoms with E-state index >= 15 is 0 Å². The lowest BCUT2D eigenvalue weighted by Gasteiger charge is -2.32. The highest BCUT2D eigenvalue weighted by Crippen LogP contribution is 2.31. The van der Waals surface area contributed by atoms with Crippen molar-refractivity contribution in [1.29, 1.82) is 5.26 Å². The van der Waals surface area contributed by atoms with Crippen molar-refractivity contribution in [3.8, 4) is 6.07 Å². The summed E-state index contributed by atoms with van der Waals surface area (Å²) in [7, 11) is 0. The largest absolute Gasteiger partial charge is 0.380 e. The predicted octanol–water partition coefficient (Wildman–Crippen LogP) is 4.30. The number of nitrogens with zero attached hydrogens (tertiary/aromatic N) is 1. The van der Waals surface area contributed by atoms with Crippen molar-refractivity contribution in [2.45, 2.75) is 37.0 Å². The molecule has 0 saturated heterocycles. The molecule has 0 bridgehead atoms. The highest BCUT2D eigenvalue weighted by atomic mass is 35.5. The monoisotopic (exact) mass is 280 g/mol. The molecule has 2 rings (SSSR count). The molecule has 1 N–H and O–H groups in total. The van der Waals surface area contributed by atoms with E-state index in [0.29, 0.717) is 21.9 Å². The van der Waals surface area contributed by atoms with E-state index in [2.05, 4.69) is 17.6 Å². The molecular formula is C14H17ClN2S. The summed E-state index contributed by atoms with van der Waals surface area (Å²) in [4.78, 5) is 0. The molecule has 1 aliphatic carbocycles. The maximum atomic E-state index is 9.17. The van der Waals surface area contributed by atoms with E-state index in [1.807, 2.05) is 23.9 Å². The molecule has 2 atom stereocenters. The first kappa shape index (κ1) is 13.6. The number of rotatable bonds is 3. The van der Waals surface area contributed by atoms with Crippen LogP contribution in [0.3, 0.4) is 0 Å². The number of nitrogens with one attached hydrogen (secondary N) is 1. The van der Waals surface area contributed by atoms with Crippen molar-refractivity contribution in [3.05, 3.63) is 28.8 Å². The molecule has 0 spiro atoms. The molecule has 0 heterocycles. The molecule has 0 aromatic heterocycles. The predicted molar refractivity (Wildman–Crippen MR) is 79.3 cm³/mol. The molecule has 0 radical (unpaired) electrons. The van der Waals surface area contributed by atoms with E-state index in [1.165, 1.54) is 25.7 Å². The van der Waals surface area contributed by atoms with Crippen molar-refractivity contribution < 1.29 is 0 Å². The molecule has 0 amide bonds. The van der Waals surface area contributed by atoms with Crippen LogP contribution in [0.4, 0.5) is 5.69 Å². The van der Waals surface area contributed by atoms with Gasteiger partial charge in [0.15, 0.2) is 0 Å². The summed E-state index contributed by atoms with van der Waals surface area (Å²) in [5.41, 5.74) is 1.43. The van der Waals surface area contributed by atoms with E-state index in [1.54, 1.807) is 6.07 Å². The fourth-order valence-corrected chi connectivity index (χ4v) is 3.65. The standard InChI is InChI=1S/C14H17ClN2S/c1-18-14-8-3-2-6-13(14)17-12-7-4-5-11(15)10(12)9-16/h4-5,7,13-14,17H,2-3,6,8H2,1H3. The van der Waals surface area contributed by atoms with Gasteiger partial charge in [-0.25, -0.2) is 0 Å². The topological polar surface area (TPSA) is 35.8 Å². The Labute approximate surface area is 118 Å². The van der Waals surface area contributed by atoms with Gasteiger partial charge in [-0.1, -0.05) is 30.5 Å². The minimum Gasteiger partial charge on any atom is -0.380 e. The Hall–Kier alpha value is -0.850. The zero-order valence-corrected chi connectivity index (χ0v) is 12.0. The van der Waals surface area contributed by atoms with Crippen LogP contribution < -0.4 is 5.32 Å². The molecule has 96 valence electrons. The smallest absolute Gasteiger partial charge is 0.103 e. The average molecular weight is 281 g/mol. The third kappa shape index (κ3) is 2.93. The van der Waals surface area contributed by atoms with Gasteiger partial charge in [0.25, 0.3) is 0 Å². The zero-order chi connectivity index (χ0) is 13.0. The van der Waals surface area contributed by atoms with Gasteiger partial charge >= 0.3 is 0 Å². The Balaban J connectivity index is 2.18. The lowest BCUT2D eigenvalue weighted by Crippen LogP contribution is -2.34. The number of benzene rings is 1. The summed E-state index contributed by atoms with van der Waals surface area (Å²) in [6, 6.07) is 8.22. The Bertz CT molecular complexity index is 456. The highest BCUT2D eigenvalue weighted by Gasteiger charge is 2.24. The molecule has 1 aromatic rings. The van der Waals surface area contributed by atoms with Gasteiger partial charge in [-0.05, 0) is 31.2 Å². The van der Waals surface area contributed by atoms with Gasteiger partial charge in [0.2, 0.25) is 0 Å². The number of nitriles is 1. The lowest BCUT2D eigenvalue weighted by atomic mass is 9.94.